The second kappa shape index (κ2) is 7.57. The third kappa shape index (κ3) is 4.04. The number of carbonyl (C=O) groups excluding carboxylic acids is 1. The van der Waals surface area contributed by atoms with Crippen LogP contribution in [0.15, 0.2) is 24.3 Å². The van der Waals surface area contributed by atoms with Crippen molar-refractivity contribution in [3.8, 4) is 6.07 Å². The highest BCUT2D eigenvalue weighted by atomic mass is 32.2. The zero-order chi connectivity index (χ0) is 17.9. The van der Waals surface area contributed by atoms with Crippen LogP contribution in [0.5, 0.6) is 0 Å². The number of sulfone groups is 1. The molecular weight excluding hydrogens is 336 g/mol. The largest absolute Gasteiger partial charge is 0.340 e. The Morgan fingerprint density at radius 2 is 1.72 bits per heavy atom. The number of benzene rings is 1. The summed E-state index contributed by atoms with van der Waals surface area (Å²) in [5.74, 6) is 0.0134. The second-order valence-electron chi connectivity index (χ2n) is 7.08. The van der Waals surface area contributed by atoms with Crippen molar-refractivity contribution in [1.29, 1.82) is 5.26 Å². The van der Waals surface area contributed by atoms with Crippen LogP contribution >= 0.6 is 0 Å². The maximum absolute atomic E-state index is 12.6. The van der Waals surface area contributed by atoms with Crippen molar-refractivity contribution in [3.05, 3.63) is 35.4 Å². The van der Waals surface area contributed by atoms with Gasteiger partial charge in [0, 0.05) is 19.5 Å². The average Bonchev–Trinajstić information content (AvgIpc) is 2.59. The predicted octanol–water partition coefficient (Wildman–Crippen LogP) is 2.45. The van der Waals surface area contributed by atoms with Gasteiger partial charge in [0.2, 0.25) is 5.91 Å². The van der Waals surface area contributed by atoms with E-state index in [-0.39, 0.29) is 16.4 Å². The van der Waals surface area contributed by atoms with Gasteiger partial charge in [-0.3, -0.25) is 4.79 Å². The topological polar surface area (TPSA) is 78.2 Å². The van der Waals surface area contributed by atoms with Crippen LogP contribution in [0.3, 0.4) is 0 Å². The van der Waals surface area contributed by atoms with Crippen molar-refractivity contribution in [2.24, 2.45) is 0 Å². The lowest BCUT2D eigenvalue weighted by molar-refractivity contribution is -0.134. The summed E-state index contributed by atoms with van der Waals surface area (Å²) < 4.78 is 25.2. The normalized spacial score (nSPS) is 19.2. The van der Waals surface area contributed by atoms with E-state index in [4.69, 9.17) is 5.26 Å². The molecule has 25 heavy (non-hydrogen) atoms. The third-order valence-corrected chi connectivity index (χ3v) is 8.02. The lowest BCUT2D eigenvalue weighted by Gasteiger charge is -2.41. The summed E-state index contributed by atoms with van der Waals surface area (Å²) in [5.41, 5.74) is 1.62. The average molecular weight is 360 g/mol. The Labute approximate surface area is 149 Å². The first-order chi connectivity index (χ1) is 12.0. The van der Waals surface area contributed by atoms with Crippen LogP contribution in [0.2, 0.25) is 0 Å². The van der Waals surface area contributed by atoms with Crippen LogP contribution in [-0.2, 0) is 21.1 Å². The molecule has 1 saturated carbocycles. The fraction of sp³-hybridized carbons (Fsp3) is 0.579. The summed E-state index contributed by atoms with van der Waals surface area (Å²) >= 11 is 0. The summed E-state index contributed by atoms with van der Waals surface area (Å²) in [6.45, 7) is 0.704. The molecule has 1 aromatic rings. The van der Waals surface area contributed by atoms with E-state index in [1.807, 2.05) is 12.1 Å². The number of rotatable bonds is 5. The molecule has 1 aliphatic carbocycles. The Balaban J connectivity index is 1.47. The maximum Gasteiger partial charge on any atom is 0.222 e. The molecule has 0 N–H and O–H groups in total. The van der Waals surface area contributed by atoms with Gasteiger partial charge >= 0.3 is 0 Å². The number of carbonyl (C=O) groups is 1. The van der Waals surface area contributed by atoms with E-state index in [2.05, 4.69) is 6.07 Å². The maximum atomic E-state index is 12.6. The molecule has 0 spiro atoms. The summed E-state index contributed by atoms with van der Waals surface area (Å²) in [6.07, 6.45) is 5.70. The molecule has 0 bridgehead atoms. The SMILES string of the molecule is N#Cc1ccc(CCC(=O)N2CC(S(=O)(=O)C3CCCCC3)C2)cc1. The zero-order valence-corrected chi connectivity index (χ0v) is 15.2. The number of nitrogens with zero attached hydrogens (tertiary/aromatic N) is 2. The number of aryl methyl sites for hydroxylation is 1. The highest BCUT2D eigenvalue weighted by molar-refractivity contribution is 7.92. The van der Waals surface area contributed by atoms with Crippen LogP contribution in [0.25, 0.3) is 0 Å². The van der Waals surface area contributed by atoms with Crippen LogP contribution in [-0.4, -0.2) is 42.8 Å². The lowest BCUT2D eigenvalue weighted by atomic mass is 10.0. The van der Waals surface area contributed by atoms with Crippen molar-refractivity contribution < 1.29 is 13.2 Å². The van der Waals surface area contributed by atoms with Crippen LogP contribution in [0, 0.1) is 11.3 Å². The smallest absolute Gasteiger partial charge is 0.222 e. The van der Waals surface area contributed by atoms with Crippen molar-refractivity contribution in [3.63, 3.8) is 0 Å². The highest BCUT2D eigenvalue weighted by Gasteiger charge is 2.43. The number of likely N-dealkylation sites (tertiary alicyclic amines) is 1. The van der Waals surface area contributed by atoms with E-state index in [9.17, 15) is 13.2 Å². The fourth-order valence-corrected chi connectivity index (χ4v) is 5.98. The molecule has 134 valence electrons. The minimum absolute atomic E-state index is 0.0134. The van der Waals surface area contributed by atoms with E-state index in [1.165, 1.54) is 0 Å². The molecule has 1 amide bonds. The standard InChI is InChI=1S/C19H24N2O3S/c20-12-16-8-6-15(7-9-16)10-11-19(22)21-13-18(14-21)25(23,24)17-4-2-1-3-5-17/h6-9,17-18H,1-5,10-11,13-14H2. The molecule has 6 heteroatoms. The summed E-state index contributed by atoms with van der Waals surface area (Å²) in [5, 5.41) is 8.23. The van der Waals surface area contributed by atoms with Crippen molar-refractivity contribution in [1.82, 2.24) is 4.90 Å². The first-order valence-corrected chi connectivity index (χ1v) is 10.6. The molecule has 0 unspecified atom stereocenters. The Kier molecular flexibility index (Phi) is 5.43. The van der Waals surface area contributed by atoms with Gasteiger partial charge < -0.3 is 4.90 Å². The Hall–Kier alpha value is -1.87. The van der Waals surface area contributed by atoms with E-state index < -0.39 is 9.84 Å². The molecule has 3 rings (SSSR count). The van der Waals surface area contributed by atoms with Gasteiger partial charge in [0.05, 0.1) is 22.1 Å². The second-order valence-corrected chi connectivity index (χ2v) is 9.59. The minimum Gasteiger partial charge on any atom is -0.340 e. The molecule has 0 atom stereocenters. The summed E-state index contributed by atoms with van der Waals surface area (Å²) in [4.78, 5) is 13.9. The Morgan fingerprint density at radius 1 is 1.08 bits per heavy atom. The van der Waals surface area contributed by atoms with E-state index >= 15 is 0 Å². The third-order valence-electron chi connectivity index (χ3n) is 5.39. The molecule has 1 saturated heterocycles. The van der Waals surface area contributed by atoms with Crippen LogP contribution in [0.4, 0.5) is 0 Å². The van der Waals surface area contributed by atoms with Gasteiger partial charge in [0.25, 0.3) is 0 Å². The van der Waals surface area contributed by atoms with Crippen molar-refractivity contribution >= 4 is 15.7 Å². The van der Waals surface area contributed by atoms with Gasteiger partial charge in [-0.15, -0.1) is 0 Å². The van der Waals surface area contributed by atoms with Crippen LogP contribution in [0.1, 0.15) is 49.7 Å². The quantitative estimate of drug-likeness (QED) is 0.808. The first-order valence-electron chi connectivity index (χ1n) is 9.00. The van der Waals surface area contributed by atoms with Gasteiger partial charge in [0.1, 0.15) is 0 Å². The Bertz CT molecular complexity index is 753. The summed E-state index contributed by atoms with van der Waals surface area (Å²) in [6, 6.07) is 9.28. The predicted molar refractivity (Wildman–Crippen MR) is 95.6 cm³/mol. The van der Waals surface area contributed by atoms with Gasteiger partial charge in [-0.2, -0.15) is 5.26 Å². The van der Waals surface area contributed by atoms with Gasteiger partial charge in [-0.25, -0.2) is 8.42 Å². The van der Waals surface area contributed by atoms with E-state index in [0.29, 0.717) is 31.5 Å². The van der Waals surface area contributed by atoms with Crippen LogP contribution < -0.4 is 0 Å². The number of nitriles is 1. The lowest BCUT2D eigenvalue weighted by Crippen LogP contribution is -2.58. The fourth-order valence-electron chi connectivity index (χ4n) is 3.67. The Morgan fingerprint density at radius 3 is 2.32 bits per heavy atom. The monoisotopic (exact) mass is 360 g/mol. The minimum atomic E-state index is -3.09. The molecule has 2 fully saturated rings. The molecule has 1 aliphatic heterocycles. The summed E-state index contributed by atoms with van der Waals surface area (Å²) in [7, 11) is -3.09. The zero-order valence-electron chi connectivity index (χ0n) is 14.4. The highest BCUT2D eigenvalue weighted by Crippen LogP contribution is 2.30. The van der Waals surface area contributed by atoms with Crippen molar-refractivity contribution in [2.75, 3.05) is 13.1 Å². The van der Waals surface area contributed by atoms with E-state index in [0.717, 1.165) is 37.7 Å². The van der Waals surface area contributed by atoms with Gasteiger partial charge in [-0.05, 0) is 37.0 Å². The van der Waals surface area contributed by atoms with Crippen molar-refractivity contribution in [2.45, 2.75) is 55.4 Å². The molecule has 5 nitrogen and oxygen atoms in total. The molecule has 0 aromatic heterocycles. The van der Waals surface area contributed by atoms with E-state index in [1.54, 1.807) is 17.0 Å². The van der Waals surface area contributed by atoms with Gasteiger partial charge in [-0.1, -0.05) is 31.4 Å². The number of hydrogen-bond donors (Lipinski definition) is 0. The molecule has 1 aromatic carbocycles. The first kappa shape index (κ1) is 17.9. The number of amides is 1. The molecule has 1 heterocycles. The van der Waals surface area contributed by atoms with Gasteiger partial charge in [0.15, 0.2) is 9.84 Å². The molecule has 0 radical (unpaired) electrons. The molecular formula is C19H24N2O3S. The molecule has 2 aliphatic rings. The number of hydrogen-bond acceptors (Lipinski definition) is 4.